The number of hydrogen-bond donors (Lipinski definition) is 2. The second kappa shape index (κ2) is 10.1. The molecule has 172 valence electrons. The molecule has 1 aliphatic rings. The van der Waals surface area contributed by atoms with E-state index >= 15 is 0 Å². The normalized spacial score (nSPS) is 15.2. The van der Waals surface area contributed by atoms with Gasteiger partial charge in [0.2, 0.25) is 5.75 Å². The molecule has 0 spiro atoms. The zero-order valence-corrected chi connectivity index (χ0v) is 18.7. The zero-order chi connectivity index (χ0) is 22.5. The quantitative estimate of drug-likeness (QED) is 0.485. The molecule has 3 aromatic rings. The van der Waals surface area contributed by atoms with Gasteiger partial charge in [-0.2, -0.15) is 0 Å². The lowest BCUT2D eigenvalue weighted by molar-refractivity contribution is 0.154. The molecule has 0 radical (unpaired) electrons. The number of aliphatic hydroxyl groups is 1. The van der Waals surface area contributed by atoms with Gasteiger partial charge < -0.3 is 28.8 Å². The minimum absolute atomic E-state index is 0.210. The Balaban J connectivity index is 1.65. The van der Waals surface area contributed by atoms with Gasteiger partial charge in [0, 0.05) is 6.54 Å². The predicted octanol–water partition coefficient (Wildman–Crippen LogP) is 4.30. The number of furan rings is 1. The highest BCUT2D eigenvalue weighted by atomic mass is 16.5. The molecule has 2 aromatic carbocycles. The molecule has 1 unspecified atom stereocenters. The first-order valence-corrected chi connectivity index (χ1v) is 11.1. The van der Waals surface area contributed by atoms with E-state index in [1.54, 1.807) is 44.7 Å². The van der Waals surface area contributed by atoms with Crippen LogP contribution in [0, 0.1) is 0 Å². The van der Waals surface area contributed by atoms with Gasteiger partial charge in [-0.05, 0) is 62.5 Å². The number of phenols is 1. The van der Waals surface area contributed by atoms with E-state index in [1.807, 2.05) is 6.07 Å². The topological polar surface area (TPSA) is 84.5 Å². The lowest BCUT2D eigenvalue weighted by Gasteiger charge is -2.23. The van der Waals surface area contributed by atoms with Crippen LogP contribution in [0.15, 0.2) is 41.0 Å². The SMILES string of the molecule is COc1c(C(O)CCc2cccc(O)c2)c(OCCN2CCCC2)c(OC)c2occc12. The standard InChI is InChI=1S/C25H31NO6/c1-29-22-19-10-14-31-23(19)25(30-2)24(32-15-13-26-11-3-4-12-26)21(22)20(28)9-8-17-6-5-7-18(27)16-17/h5-7,10,14,16,20,27-28H,3-4,8-9,11-13,15H2,1-2H3. The number of ether oxygens (including phenoxy) is 3. The van der Waals surface area contributed by atoms with E-state index < -0.39 is 6.10 Å². The summed E-state index contributed by atoms with van der Waals surface area (Å²) in [5.41, 5.74) is 2.03. The molecule has 0 saturated carbocycles. The van der Waals surface area contributed by atoms with E-state index in [9.17, 15) is 10.2 Å². The summed E-state index contributed by atoms with van der Waals surface area (Å²) >= 11 is 0. The predicted molar refractivity (Wildman–Crippen MR) is 122 cm³/mol. The average Bonchev–Trinajstić information content (AvgIpc) is 3.49. The maximum Gasteiger partial charge on any atom is 0.205 e. The molecule has 7 heteroatoms. The summed E-state index contributed by atoms with van der Waals surface area (Å²) in [6, 6.07) is 8.86. The van der Waals surface area contributed by atoms with Crippen LogP contribution in [-0.2, 0) is 6.42 Å². The lowest BCUT2D eigenvalue weighted by Crippen LogP contribution is -2.25. The van der Waals surface area contributed by atoms with Crippen LogP contribution in [0.5, 0.6) is 23.0 Å². The number of benzene rings is 2. The van der Waals surface area contributed by atoms with Crippen LogP contribution in [0.2, 0.25) is 0 Å². The van der Waals surface area contributed by atoms with Crippen LogP contribution < -0.4 is 14.2 Å². The largest absolute Gasteiger partial charge is 0.508 e. The van der Waals surface area contributed by atoms with Gasteiger partial charge in [-0.3, -0.25) is 4.90 Å². The summed E-state index contributed by atoms with van der Waals surface area (Å²) in [5.74, 6) is 1.64. The van der Waals surface area contributed by atoms with Gasteiger partial charge in [0.05, 0.1) is 37.5 Å². The number of methoxy groups -OCH3 is 2. The summed E-state index contributed by atoms with van der Waals surface area (Å²) in [5, 5.41) is 21.7. The fourth-order valence-corrected chi connectivity index (χ4v) is 4.43. The van der Waals surface area contributed by atoms with Gasteiger partial charge in [-0.25, -0.2) is 0 Å². The summed E-state index contributed by atoms with van der Waals surface area (Å²) in [6.07, 6.45) is 4.16. The maximum atomic E-state index is 11.3. The molecule has 1 fully saturated rings. The Bertz CT molecular complexity index is 1040. The Morgan fingerprint density at radius 3 is 2.56 bits per heavy atom. The highest BCUT2D eigenvalue weighted by Gasteiger charge is 2.29. The smallest absolute Gasteiger partial charge is 0.205 e. The molecular weight excluding hydrogens is 410 g/mol. The number of phenolic OH excluding ortho intramolecular Hbond substituents is 1. The number of aryl methyl sites for hydroxylation is 1. The highest BCUT2D eigenvalue weighted by molar-refractivity contribution is 5.93. The monoisotopic (exact) mass is 441 g/mol. The lowest BCUT2D eigenvalue weighted by atomic mass is 9.97. The van der Waals surface area contributed by atoms with Crippen molar-refractivity contribution < 1.29 is 28.8 Å². The van der Waals surface area contributed by atoms with Crippen LogP contribution in [0.1, 0.15) is 36.5 Å². The Hall–Kier alpha value is -2.90. The molecule has 0 aliphatic carbocycles. The van der Waals surface area contributed by atoms with Gasteiger partial charge in [0.1, 0.15) is 18.1 Å². The van der Waals surface area contributed by atoms with Crippen LogP contribution in [0.4, 0.5) is 0 Å². The van der Waals surface area contributed by atoms with Crippen LogP contribution in [0.25, 0.3) is 11.0 Å². The van der Waals surface area contributed by atoms with Crippen LogP contribution in [-0.4, -0.2) is 55.6 Å². The highest BCUT2D eigenvalue weighted by Crippen LogP contribution is 2.49. The number of hydrogen-bond acceptors (Lipinski definition) is 7. The van der Waals surface area contributed by atoms with E-state index in [-0.39, 0.29) is 5.75 Å². The van der Waals surface area contributed by atoms with Gasteiger partial charge >= 0.3 is 0 Å². The third kappa shape index (κ3) is 4.64. The van der Waals surface area contributed by atoms with Gasteiger partial charge in [-0.1, -0.05) is 12.1 Å². The molecule has 1 saturated heterocycles. The molecule has 2 heterocycles. The van der Waals surface area contributed by atoms with Crippen LogP contribution in [0.3, 0.4) is 0 Å². The number of aliphatic hydroxyl groups excluding tert-OH is 1. The average molecular weight is 442 g/mol. The minimum atomic E-state index is -0.859. The third-order valence-corrected chi connectivity index (χ3v) is 6.02. The Kier molecular flexibility index (Phi) is 7.07. The number of rotatable bonds is 10. The molecule has 32 heavy (non-hydrogen) atoms. The van der Waals surface area contributed by atoms with E-state index in [4.69, 9.17) is 18.6 Å². The molecular formula is C25H31NO6. The minimum Gasteiger partial charge on any atom is -0.508 e. The molecule has 0 amide bonds. The van der Waals surface area contributed by atoms with Gasteiger partial charge in [0.15, 0.2) is 11.3 Å². The fraction of sp³-hybridized carbons (Fsp3) is 0.440. The van der Waals surface area contributed by atoms with Crippen molar-refractivity contribution in [3.8, 4) is 23.0 Å². The molecule has 4 rings (SSSR count). The number of likely N-dealkylation sites (tertiary alicyclic amines) is 1. The molecule has 1 aromatic heterocycles. The number of fused-ring (bicyclic) bond motifs is 1. The molecule has 1 atom stereocenters. The van der Waals surface area contributed by atoms with E-state index in [1.165, 1.54) is 12.8 Å². The van der Waals surface area contributed by atoms with E-state index in [0.717, 1.165) is 30.6 Å². The van der Waals surface area contributed by atoms with Crippen molar-refractivity contribution in [2.45, 2.75) is 31.8 Å². The zero-order valence-electron chi connectivity index (χ0n) is 18.7. The van der Waals surface area contributed by atoms with Crippen molar-refractivity contribution in [2.75, 3.05) is 40.5 Å². The Morgan fingerprint density at radius 2 is 1.84 bits per heavy atom. The maximum absolute atomic E-state index is 11.3. The second-order valence-corrected chi connectivity index (χ2v) is 8.09. The summed E-state index contributed by atoms with van der Waals surface area (Å²) in [4.78, 5) is 2.37. The first-order chi connectivity index (χ1) is 15.6. The summed E-state index contributed by atoms with van der Waals surface area (Å²) in [7, 11) is 3.15. The van der Waals surface area contributed by atoms with Crippen molar-refractivity contribution in [3.05, 3.63) is 47.7 Å². The van der Waals surface area contributed by atoms with Crippen molar-refractivity contribution in [1.29, 1.82) is 0 Å². The number of aromatic hydroxyl groups is 1. The van der Waals surface area contributed by atoms with Crippen molar-refractivity contribution in [2.24, 2.45) is 0 Å². The van der Waals surface area contributed by atoms with Gasteiger partial charge in [-0.15, -0.1) is 0 Å². The van der Waals surface area contributed by atoms with Crippen molar-refractivity contribution >= 4 is 11.0 Å². The van der Waals surface area contributed by atoms with Gasteiger partial charge in [0.25, 0.3) is 0 Å². The summed E-state index contributed by atoms with van der Waals surface area (Å²) in [6.45, 7) is 3.44. The van der Waals surface area contributed by atoms with Crippen molar-refractivity contribution in [3.63, 3.8) is 0 Å². The molecule has 2 N–H and O–H groups in total. The van der Waals surface area contributed by atoms with Crippen LogP contribution >= 0.6 is 0 Å². The second-order valence-electron chi connectivity index (χ2n) is 8.09. The fourth-order valence-electron chi connectivity index (χ4n) is 4.43. The first-order valence-electron chi connectivity index (χ1n) is 11.1. The van der Waals surface area contributed by atoms with E-state index in [0.29, 0.717) is 47.8 Å². The van der Waals surface area contributed by atoms with Crippen molar-refractivity contribution in [1.82, 2.24) is 4.90 Å². The third-order valence-electron chi connectivity index (χ3n) is 6.02. The Labute approximate surface area is 188 Å². The summed E-state index contributed by atoms with van der Waals surface area (Å²) < 4.78 is 23.3. The molecule has 0 bridgehead atoms. The number of nitrogens with zero attached hydrogens (tertiary/aromatic N) is 1. The molecule has 1 aliphatic heterocycles. The van der Waals surface area contributed by atoms with E-state index in [2.05, 4.69) is 4.90 Å². The Morgan fingerprint density at radius 1 is 1.06 bits per heavy atom. The first kappa shape index (κ1) is 22.3. The molecule has 7 nitrogen and oxygen atoms in total.